The lowest BCUT2D eigenvalue weighted by Gasteiger charge is -2.26. The van der Waals surface area contributed by atoms with Gasteiger partial charge >= 0.3 is 0 Å². The molecule has 1 saturated heterocycles. The van der Waals surface area contributed by atoms with E-state index in [1.54, 1.807) is 35.0 Å². The van der Waals surface area contributed by atoms with E-state index in [4.69, 9.17) is 4.74 Å². The number of rotatable bonds is 7. The summed E-state index contributed by atoms with van der Waals surface area (Å²) in [6.45, 7) is 1.04. The molecule has 4 aromatic rings. The van der Waals surface area contributed by atoms with Crippen LogP contribution in [0.15, 0.2) is 54.9 Å². The van der Waals surface area contributed by atoms with Gasteiger partial charge < -0.3 is 14.6 Å². The summed E-state index contributed by atoms with van der Waals surface area (Å²) in [6.07, 6.45) is 3.33. The highest BCUT2D eigenvalue weighted by Gasteiger charge is 2.24. The van der Waals surface area contributed by atoms with Crippen molar-refractivity contribution in [1.29, 1.82) is 0 Å². The van der Waals surface area contributed by atoms with Crippen molar-refractivity contribution in [3.05, 3.63) is 77.6 Å². The Hall–Kier alpha value is -3.41. The second-order valence-corrected chi connectivity index (χ2v) is 11.0. The molecule has 11 heteroatoms. The van der Waals surface area contributed by atoms with E-state index in [-0.39, 0.29) is 36.7 Å². The van der Waals surface area contributed by atoms with Gasteiger partial charge in [-0.25, -0.2) is 22.2 Å². The molecule has 1 fully saturated rings. The van der Waals surface area contributed by atoms with Crippen molar-refractivity contribution in [1.82, 2.24) is 19.4 Å². The van der Waals surface area contributed by atoms with Crippen LogP contribution in [0.2, 0.25) is 0 Å². The van der Waals surface area contributed by atoms with Gasteiger partial charge in [-0.05, 0) is 35.9 Å². The first-order valence-electron chi connectivity index (χ1n) is 11.4. The van der Waals surface area contributed by atoms with Gasteiger partial charge in [-0.1, -0.05) is 12.1 Å². The first kappa shape index (κ1) is 24.3. The average molecular weight is 514 g/mol. The van der Waals surface area contributed by atoms with E-state index in [1.165, 1.54) is 12.1 Å². The molecular weight excluding hydrogens is 488 g/mol. The first-order chi connectivity index (χ1) is 17.3. The number of sulfone groups is 1. The molecule has 0 atom stereocenters. The monoisotopic (exact) mass is 513 g/mol. The predicted molar refractivity (Wildman–Crippen MR) is 133 cm³/mol. The molecule has 1 aliphatic rings. The maximum atomic E-state index is 15.0. The lowest BCUT2D eigenvalue weighted by Crippen LogP contribution is -2.40. The second kappa shape index (κ2) is 9.92. The third kappa shape index (κ3) is 5.23. The Morgan fingerprint density at radius 1 is 1.06 bits per heavy atom. The number of hydrogen-bond donors (Lipinski definition) is 1. The van der Waals surface area contributed by atoms with Gasteiger partial charge in [0.1, 0.15) is 17.3 Å². The Bertz CT molecular complexity index is 1470. The summed E-state index contributed by atoms with van der Waals surface area (Å²) >= 11 is 0. The highest BCUT2D eigenvalue weighted by atomic mass is 32.2. The molecule has 8 nitrogen and oxygen atoms in total. The lowest BCUT2D eigenvalue weighted by atomic mass is 10.1. The number of aromatic nitrogens is 3. The molecular formula is C25H25F2N5O3S. The number of ether oxygens (including phenoxy) is 1. The molecule has 3 heterocycles. The largest absolute Gasteiger partial charge is 0.380 e. The third-order valence-electron chi connectivity index (χ3n) is 6.17. The molecule has 1 aliphatic heterocycles. The number of halogens is 2. The molecule has 0 saturated carbocycles. The highest BCUT2D eigenvalue weighted by molar-refractivity contribution is 7.91. The molecule has 0 unspecified atom stereocenters. The number of nitrogens with one attached hydrogen (secondary N) is 1. The summed E-state index contributed by atoms with van der Waals surface area (Å²) in [5, 5.41) is 3.86. The van der Waals surface area contributed by atoms with Gasteiger partial charge in [-0.2, -0.15) is 4.98 Å². The fourth-order valence-corrected chi connectivity index (χ4v) is 5.46. The minimum Gasteiger partial charge on any atom is -0.380 e. The minimum atomic E-state index is -3.07. The van der Waals surface area contributed by atoms with Crippen LogP contribution in [0.4, 0.5) is 20.4 Å². The number of anilines is 2. The van der Waals surface area contributed by atoms with E-state index in [9.17, 15) is 8.42 Å². The highest BCUT2D eigenvalue weighted by Crippen LogP contribution is 2.25. The van der Waals surface area contributed by atoms with Crippen LogP contribution < -0.4 is 5.32 Å². The Kier molecular flexibility index (Phi) is 6.69. The van der Waals surface area contributed by atoms with E-state index in [0.29, 0.717) is 23.9 Å². The minimum absolute atomic E-state index is 0.00293. The molecule has 5 rings (SSSR count). The molecule has 36 heavy (non-hydrogen) atoms. The van der Waals surface area contributed by atoms with Crippen molar-refractivity contribution < 1.29 is 21.9 Å². The normalized spacial score (nSPS) is 15.9. The van der Waals surface area contributed by atoms with Gasteiger partial charge in [0.05, 0.1) is 23.8 Å². The Labute approximate surface area is 207 Å². The van der Waals surface area contributed by atoms with E-state index < -0.39 is 21.5 Å². The molecule has 0 aliphatic carbocycles. The summed E-state index contributed by atoms with van der Waals surface area (Å²) in [5.41, 5.74) is 2.53. The van der Waals surface area contributed by atoms with Crippen molar-refractivity contribution in [2.24, 2.45) is 0 Å². The predicted octanol–water partition coefficient (Wildman–Crippen LogP) is 3.82. The van der Waals surface area contributed by atoms with Crippen molar-refractivity contribution in [3.63, 3.8) is 0 Å². The van der Waals surface area contributed by atoms with Crippen LogP contribution in [0.5, 0.6) is 0 Å². The average Bonchev–Trinajstić information content (AvgIpc) is 3.27. The van der Waals surface area contributed by atoms with Gasteiger partial charge in [0, 0.05) is 55.8 Å². The van der Waals surface area contributed by atoms with Crippen LogP contribution in [-0.2, 0) is 27.7 Å². The lowest BCUT2D eigenvalue weighted by molar-refractivity contribution is 0.185. The summed E-state index contributed by atoms with van der Waals surface area (Å²) < 4.78 is 60.0. The van der Waals surface area contributed by atoms with Crippen LogP contribution in [0.3, 0.4) is 0 Å². The van der Waals surface area contributed by atoms with Crippen LogP contribution in [0.1, 0.15) is 11.1 Å². The maximum absolute atomic E-state index is 15.0. The zero-order valence-corrected chi connectivity index (χ0v) is 20.4. The maximum Gasteiger partial charge on any atom is 0.229 e. The van der Waals surface area contributed by atoms with E-state index in [0.717, 1.165) is 16.6 Å². The summed E-state index contributed by atoms with van der Waals surface area (Å²) in [4.78, 5) is 10.6. The second-order valence-electron chi connectivity index (χ2n) is 8.73. The van der Waals surface area contributed by atoms with Crippen molar-refractivity contribution in [3.8, 4) is 5.69 Å². The smallest absolute Gasteiger partial charge is 0.229 e. The SMILES string of the molecule is COCc1ccc(Nc2ncc3ccn(-c4cc(F)c(CN5CCS(=O)(=O)CC5)c(F)c4)c3n2)cc1. The molecule has 2 aromatic carbocycles. The van der Waals surface area contributed by atoms with Gasteiger partial charge in [0.2, 0.25) is 5.95 Å². The van der Waals surface area contributed by atoms with Gasteiger partial charge in [-0.15, -0.1) is 0 Å². The Morgan fingerprint density at radius 3 is 2.42 bits per heavy atom. The fraction of sp³-hybridized carbons (Fsp3) is 0.280. The number of methoxy groups -OCH3 is 1. The van der Waals surface area contributed by atoms with Gasteiger partial charge in [0.25, 0.3) is 0 Å². The van der Waals surface area contributed by atoms with E-state index in [1.807, 2.05) is 24.3 Å². The topological polar surface area (TPSA) is 89.4 Å². The molecule has 0 spiro atoms. The number of nitrogens with zero attached hydrogens (tertiary/aromatic N) is 4. The molecule has 0 radical (unpaired) electrons. The standard InChI is InChI=1S/C25H25F2N5O3S/c1-35-16-17-2-4-19(5-3-17)29-25-28-14-18-6-7-32(24(18)30-25)20-12-22(26)21(23(27)13-20)15-31-8-10-36(33,34)11-9-31/h2-7,12-14H,8-11,15-16H2,1H3,(H,28,29,30). The summed E-state index contributed by atoms with van der Waals surface area (Å²) in [7, 11) is -1.43. The zero-order chi connectivity index (χ0) is 25.3. The number of fused-ring (bicyclic) bond motifs is 1. The zero-order valence-electron chi connectivity index (χ0n) is 19.6. The van der Waals surface area contributed by atoms with Gasteiger partial charge in [-0.3, -0.25) is 4.90 Å². The molecule has 2 aromatic heterocycles. The fourth-order valence-electron chi connectivity index (χ4n) is 4.18. The number of hydrogen-bond acceptors (Lipinski definition) is 7. The molecule has 188 valence electrons. The summed E-state index contributed by atoms with van der Waals surface area (Å²) in [5.74, 6) is -1.04. The molecule has 0 amide bonds. The Morgan fingerprint density at radius 2 is 1.75 bits per heavy atom. The quantitative estimate of drug-likeness (QED) is 0.402. The van der Waals surface area contributed by atoms with E-state index >= 15 is 8.78 Å². The van der Waals surface area contributed by atoms with Crippen LogP contribution >= 0.6 is 0 Å². The third-order valence-corrected chi connectivity index (χ3v) is 7.78. The summed E-state index contributed by atoms with van der Waals surface area (Å²) in [6, 6.07) is 12.0. The van der Waals surface area contributed by atoms with Crippen molar-refractivity contribution in [2.75, 3.05) is 37.0 Å². The van der Waals surface area contributed by atoms with E-state index in [2.05, 4.69) is 15.3 Å². The van der Waals surface area contributed by atoms with Gasteiger partial charge in [0.15, 0.2) is 9.84 Å². The molecule has 0 bridgehead atoms. The van der Waals surface area contributed by atoms with Crippen LogP contribution in [-0.4, -0.2) is 59.6 Å². The van der Waals surface area contributed by atoms with Crippen LogP contribution in [0.25, 0.3) is 16.7 Å². The van der Waals surface area contributed by atoms with Crippen molar-refractivity contribution >= 4 is 32.5 Å². The number of benzene rings is 2. The Balaban J connectivity index is 1.39. The van der Waals surface area contributed by atoms with Crippen LogP contribution in [0, 0.1) is 11.6 Å². The molecule has 1 N–H and O–H groups in total. The van der Waals surface area contributed by atoms with Crippen molar-refractivity contribution in [2.45, 2.75) is 13.2 Å². The first-order valence-corrected chi connectivity index (χ1v) is 13.2.